The topological polar surface area (TPSA) is 51.9 Å². The van der Waals surface area contributed by atoms with Gasteiger partial charge in [-0.25, -0.2) is 9.13 Å². The number of aryl methyl sites for hydroxylation is 1. The van der Waals surface area contributed by atoms with Crippen LogP contribution in [0.3, 0.4) is 0 Å². The second-order valence-electron chi connectivity index (χ2n) is 4.80. The predicted molar refractivity (Wildman–Crippen MR) is 72.0 cm³/mol. The van der Waals surface area contributed by atoms with Crippen molar-refractivity contribution in [1.82, 2.24) is 24.1 Å². The highest BCUT2D eigenvalue weighted by Gasteiger charge is 2.34. The smallest absolute Gasteiger partial charge is 0.257 e. The summed E-state index contributed by atoms with van der Waals surface area (Å²) in [6.07, 6.45) is 3.38. The Morgan fingerprint density at radius 1 is 1.30 bits per heavy atom. The van der Waals surface area contributed by atoms with Gasteiger partial charge < -0.3 is 0 Å². The number of aromatic nitrogens is 6. The van der Waals surface area contributed by atoms with Crippen LogP contribution >= 0.6 is 0 Å². The van der Waals surface area contributed by atoms with Gasteiger partial charge in [0.1, 0.15) is 6.54 Å². The van der Waals surface area contributed by atoms with Crippen LogP contribution < -0.4 is 4.57 Å². The number of hydrogen-bond donors (Lipinski definition) is 0. The van der Waals surface area contributed by atoms with E-state index in [1.54, 1.807) is 23.0 Å². The summed E-state index contributed by atoms with van der Waals surface area (Å²) in [5, 5.41) is 4.32. The van der Waals surface area contributed by atoms with Crippen LogP contribution in [-0.2, 0) is 13.5 Å². The molecule has 0 saturated heterocycles. The lowest BCUT2D eigenvalue weighted by Gasteiger charge is -1.95. The second kappa shape index (κ2) is 3.22. The lowest BCUT2D eigenvalue weighted by Crippen LogP contribution is -2.33. The van der Waals surface area contributed by atoms with E-state index in [4.69, 9.17) is 4.11 Å². The summed E-state index contributed by atoms with van der Waals surface area (Å²) in [4.78, 5) is 8.85. The molecule has 20 heavy (non-hydrogen) atoms. The van der Waals surface area contributed by atoms with Crippen LogP contribution in [0.15, 0.2) is 36.7 Å². The molecule has 0 spiro atoms. The van der Waals surface area contributed by atoms with E-state index in [2.05, 4.69) is 15.1 Å². The summed E-state index contributed by atoms with van der Waals surface area (Å²) in [7, 11) is 0. The van der Waals surface area contributed by atoms with Crippen molar-refractivity contribution in [2.24, 2.45) is 6.98 Å². The van der Waals surface area contributed by atoms with Gasteiger partial charge in [0.05, 0.1) is 28.5 Å². The first-order valence-corrected chi connectivity index (χ1v) is 6.28. The van der Waals surface area contributed by atoms with E-state index >= 15 is 0 Å². The van der Waals surface area contributed by atoms with Crippen molar-refractivity contribution < 1.29 is 8.68 Å². The van der Waals surface area contributed by atoms with Gasteiger partial charge in [-0.2, -0.15) is 4.98 Å². The largest absolute Gasteiger partial charge is 0.315 e. The first-order chi connectivity index (χ1) is 11.1. The molecule has 0 amide bonds. The van der Waals surface area contributed by atoms with Gasteiger partial charge in [0.2, 0.25) is 11.5 Å². The summed E-state index contributed by atoms with van der Waals surface area (Å²) in [6, 6.07) is 7.29. The average Bonchev–Trinajstić information content (AvgIpc) is 3.12. The minimum absolute atomic E-state index is 0.410. The minimum atomic E-state index is -2.34. The van der Waals surface area contributed by atoms with Gasteiger partial charge in [-0.1, -0.05) is 0 Å². The van der Waals surface area contributed by atoms with Crippen molar-refractivity contribution in [3.8, 4) is 11.4 Å². The van der Waals surface area contributed by atoms with E-state index in [-0.39, 0.29) is 0 Å². The molecule has 0 bridgehead atoms. The molecular formula is C14H11N6+. The van der Waals surface area contributed by atoms with Crippen LogP contribution in [0.5, 0.6) is 0 Å². The van der Waals surface area contributed by atoms with Crippen LogP contribution in [0.25, 0.3) is 28.3 Å². The Hall–Kier alpha value is -2.76. The fraction of sp³-hybridized carbons (Fsp3) is 0.143. The minimum Gasteiger partial charge on any atom is -0.257 e. The van der Waals surface area contributed by atoms with E-state index in [1.807, 2.05) is 22.8 Å². The molecule has 96 valence electrons. The highest BCUT2D eigenvalue weighted by Crippen LogP contribution is 2.28. The number of rotatable bonds is 0. The van der Waals surface area contributed by atoms with Crippen LogP contribution in [-0.4, -0.2) is 24.1 Å². The molecule has 1 aliphatic rings. The molecule has 0 unspecified atom stereocenters. The third-order valence-corrected chi connectivity index (χ3v) is 3.73. The summed E-state index contributed by atoms with van der Waals surface area (Å²) < 4.78 is 28.8. The van der Waals surface area contributed by atoms with Gasteiger partial charge in [0, 0.05) is 12.3 Å². The van der Waals surface area contributed by atoms with Crippen LogP contribution in [0, 0.1) is 0 Å². The molecule has 5 rings (SSSR count). The van der Waals surface area contributed by atoms with E-state index in [9.17, 15) is 0 Å². The Morgan fingerprint density at radius 2 is 2.25 bits per heavy atom. The molecule has 4 aromatic rings. The van der Waals surface area contributed by atoms with Crippen LogP contribution in [0.2, 0.25) is 0 Å². The third kappa shape index (κ3) is 1.01. The number of hydrogen-bond acceptors (Lipinski definition) is 3. The number of imidazole rings is 2. The van der Waals surface area contributed by atoms with Crippen molar-refractivity contribution in [1.29, 1.82) is 0 Å². The standard InChI is InChI=1S/C14H11N6/c1-18-12-14(20-11(17-12)5-3-7-16-20)19-8-10-9(13(18)19)4-2-6-15-10/h2-7H,8H2,1H3/q+1/i1D3. The quantitative estimate of drug-likeness (QED) is 0.392. The number of nitrogens with zero attached hydrogens (tertiary/aromatic N) is 6. The second-order valence-corrected chi connectivity index (χ2v) is 4.80. The fourth-order valence-electron chi connectivity index (χ4n) is 2.90. The maximum absolute atomic E-state index is 7.95. The van der Waals surface area contributed by atoms with Crippen molar-refractivity contribution in [2.45, 2.75) is 6.54 Å². The maximum atomic E-state index is 7.95. The number of pyridine rings is 1. The van der Waals surface area contributed by atoms with E-state index in [0.717, 1.165) is 11.3 Å². The van der Waals surface area contributed by atoms with Gasteiger partial charge in [-0.05, 0) is 18.2 Å². The Morgan fingerprint density at radius 3 is 3.20 bits per heavy atom. The molecule has 0 atom stereocenters. The Kier molecular flexibility index (Phi) is 1.24. The predicted octanol–water partition coefficient (Wildman–Crippen LogP) is 0.932. The maximum Gasteiger partial charge on any atom is 0.315 e. The first-order valence-electron chi connectivity index (χ1n) is 7.78. The van der Waals surface area contributed by atoms with Gasteiger partial charge in [0.25, 0.3) is 5.65 Å². The summed E-state index contributed by atoms with van der Waals surface area (Å²) in [6.45, 7) is -1.83. The van der Waals surface area contributed by atoms with Gasteiger partial charge in [0.15, 0.2) is 0 Å². The summed E-state index contributed by atoms with van der Waals surface area (Å²) in [5.41, 5.74) is 3.38. The first kappa shape index (κ1) is 7.74. The Labute approximate surface area is 118 Å². The molecule has 0 aromatic carbocycles. The highest BCUT2D eigenvalue weighted by molar-refractivity contribution is 5.75. The zero-order valence-electron chi connectivity index (χ0n) is 13.4. The molecule has 6 nitrogen and oxygen atoms in total. The molecule has 6 heteroatoms. The summed E-state index contributed by atoms with van der Waals surface area (Å²) >= 11 is 0. The van der Waals surface area contributed by atoms with Crippen molar-refractivity contribution >= 4 is 16.9 Å². The molecule has 0 aliphatic carbocycles. The lowest BCUT2D eigenvalue weighted by molar-refractivity contribution is -0.648. The third-order valence-electron chi connectivity index (χ3n) is 3.73. The Balaban J connectivity index is 2.01. The van der Waals surface area contributed by atoms with Crippen LogP contribution in [0.4, 0.5) is 0 Å². The van der Waals surface area contributed by atoms with Crippen molar-refractivity contribution in [3.63, 3.8) is 0 Å². The van der Waals surface area contributed by atoms with E-state index < -0.39 is 6.98 Å². The molecule has 0 radical (unpaired) electrons. The molecule has 0 N–H and O–H groups in total. The SMILES string of the molecule is [2H]C([2H])([2H])n1c2[n+](c3c1nc1cccnn13)Cc1ncccc1-2. The average molecular weight is 266 g/mol. The molecule has 0 saturated carbocycles. The monoisotopic (exact) mass is 266 g/mol. The van der Waals surface area contributed by atoms with Gasteiger partial charge in [-0.3, -0.25) is 4.98 Å². The molecule has 0 fully saturated rings. The fourth-order valence-corrected chi connectivity index (χ4v) is 2.90. The zero-order valence-corrected chi connectivity index (χ0v) is 10.4. The van der Waals surface area contributed by atoms with E-state index in [0.29, 0.717) is 29.3 Å². The lowest BCUT2D eigenvalue weighted by atomic mass is 10.2. The molecule has 4 aromatic heterocycles. The molecule has 5 heterocycles. The normalized spacial score (nSPS) is 15.9. The molecule has 1 aliphatic heterocycles. The van der Waals surface area contributed by atoms with E-state index in [1.165, 1.54) is 4.57 Å². The van der Waals surface area contributed by atoms with Gasteiger partial charge >= 0.3 is 5.65 Å². The number of fused-ring (bicyclic) bond motifs is 7. The van der Waals surface area contributed by atoms with Crippen molar-refractivity contribution in [2.75, 3.05) is 0 Å². The van der Waals surface area contributed by atoms with Gasteiger partial charge in [-0.15, -0.1) is 9.61 Å². The molecular weight excluding hydrogens is 252 g/mol. The van der Waals surface area contributed by atoms with Crippen LogP contribution in [0.1, 0.15) is 9.81 Å². The highest BCUT2D eigenvalue weighted by atomic mass is 15.4. The zero-order chi connectivity index (χ0) is 15.8. The van der Waals surface area contributed by atoms with Crippen molar-refractivity contribution in [3.05, 3.63) is 42.4 Å². The Bertz CT molecular complexity index is 1090. The summed E-state index contributed by atoms with van der Waals surface area (Å²) in [5.74, 6) is 0.602.